The Kier molecular flexibility index (Phi) is 14.4. The zero-order valence-electron chi connectivity index (χ0n) is 33.0. The van der Waals surface area contributed by atoms with Crippen LogP contribution >= 0.6 is 15.4 Å². The topological polar surface area (TPSA) is 358 Å². The Morgan fingerprint density at radius 1 is 1.02 bits per heavy atom. The third-order valence-corrected chi connectivity index (χ3v) is 12.8. The molecule has 2 aliphatic rings. The predicted molar refractivity (Wildman–Crippen MR) is 215 cm³/mol. The van der Waals surface area contributed by atoms with Gasteiger partial charge >= 0.3 is 27.1 Å². The van der Waals surface area contributed by atoms with Crippen molar-refractivity contribution in [3.05, 3.63) is 84.0 Å². The van der Waals surface area contributed by atoms with E-state index in [2.05, 4.69) is 36.4 Å². The summed E-state index contributed by atoms with van der Waals surface area (Å²) in [6.45, 7) is 0.507. The summed E-state index contributed by atoms with van der Waals surface area (Å²) in [5.41, 5.74) is 4.44. The van der Waals surface area contributed by atoms with Gasteiger partial charge in [0.1, 0.15) is 35.5 Å². The van der Waals surface area contributed by atoms with Crippen LogP contribution in [0.15, 0.2) is 72.7 Å². The van der Waals surface area contributed by atoms with E-state index in [1.807, 2.05) is 30.3 Å². The molecule has 8 atom stereocenters. The SMILES string of the molecule is C=CCCC(=O)N[C@@H](CCCc1ccccc1)C(=O)O[C@@H]1[C@@H](COP(=O)(O)[C@@H]2[C@@H](CCOP(=O)(O)O)OC[C@]2(O)n2ccc(N)nc2=O)OC[C@]1(O)n1cnc2c(N)ncnc21. The van der Waals surface area contributed by atoms with Gasteiger partial charge in [0.2, 0.25) is 11.6 Å². The Hall–Kier alpha value is -4.97. The number of amides is 1. The van der Waals surface area contributed by atoms with Gasteiger partial charge < -0.3 is 60.4 Å². The normalized spacial score (nSPS) is 25.3. The molecule has 1 aromatic carbocycles. The minimum Gasteiger partial charge on any atom is -0.453 e. The predicted octanol–water partition coefficient (Wildman–Crippen LogP) is -0.209. The van der Waals surface area contributed by atoms with Gasteiger partial charge in [0.05, 0.1) is 38.9 Å². The van der Waals surface area contributed by atoms with Crippen molar-refractivity contribution < 1.29 is 66.9 Å². The van der Waals surface area contributed by atoms with E-state index in [-0.39, 0.29) is 35.6 Å². The number of ether oxygens (including phenoxy) is 3. The fraction of sp³-hybridized carbons (Fsp3) is 0.472. The fourth-order valence-corrected chi connectivity index (χ4v) is 9.59. The van der Waals surface area contributed by atoms with Gasteiger partial charge in [0.25, 0.3) is 0 Å². The number of phosphoric acid groups is 1. The second kappa shape index (κ2) is 19.2. The van der Waals surface area contributed by atoms with Crippen molar-refractivity contribution in [2.45, 2.75) is 80.0 Å². The molecule has 2 saturated heterocycles. The number of fused-ring (bicyclic) bond motifs is 1. The van der Waals surface area contributed by atoms with E-state index in [9.17, 15) is 48.4 Å². The molecular formula is C36H47N9O15P2. The number of phosphoric ester groups is 1. The van der Waals surface area contributed by atoms with Crippen LogP contribution in [0.25, 0.3) is 11.2 Å². The van der Waals surface area contributed by atoms with Crippen LogP contribution in [0.1, 0.15) is 37.7 Å². The lowest BCUT2D eigenvalue weighted by molar-refractivity contribution is -0.177. The number of hydrogen-bond donors (Lipinski definition) is 8. The maximum atomic E-state index is 14.4. The lowest BCUT2D eigenvalue weighted by Gasteiger charge is -2.35. The number of aryl methyl sites for hydroxylation is 1. The Bertz CT molecular complexity index is 2400. The third-order valence-electron chi connectivity index (χ3n) is 10.3. The number of anilines is 2. The second-order valence-corrected chi connectivity index (χ2v) is 17.8. The molecule has 0 aliphatic carbocycles. The van der Waals surface area contributed by atoms with Gasteiger partial charge in [0.15, 0.2) is 23.3 Å². The van der Waals surface area contributed by atoms with E-state index in [1.54, 1.807) is 0 Å². The standard InChI is InChI=1S/C36H47N9O15P2/c1-2-3-12-27(46)42-23(11-7-10-22-8-5-4-6-9-22)33(47)60-29-25(57-18-35(29,49)45-21-41-28-31(38)39-20-40-32(28)45)17-59-61(51,52)30-24(14-16-58-62(53,54)55)56-19-36(30,50)44-15-13-26(37)43-34(44)48/h2,4-6,8-9,13,15,20-21,23-25,29-30,49-50H,1,3,7,10-12,14,16-19H2,(H,42,46)(H,51,52)(H2,37,43,48)(H2,38,39,40)(H2,53,54,55)/t23-,24+,25+,29+,30+,35+,36+/m0/s1. The Balaban J connectivity index is 1.31. The van der Waals surface area contributed by atoms with Gasteiger partial charge in [0, 0.05) is 12.6 Å². The van der Waals surface area contributed by atoms with Crippen molar-refractivity contribution in [2.75, 3.05) is 37.9 Å². The van der Waals surface area contributed by atoms with Crippen molar-refractivity contribution in [1.82, 2.24) is 34.4 Å². The number of hydrogen-bond acceptors (Lipinski definition) is 18. The highest BCUT2D eigenvalue weighted by molar-refractivity contribution is 7.53. The number of imidazole rings is 1. The van der Waals surface area contributed by atoms with E-state index >= 15 is 0 Å². The molecule has 6 rings (SSSR count). The van der Waals surface area contributed by atoms with E-state index < -0.39 is 107 Å². The molecule has 2 aliphatic heterocycles. The molecule has 4 aromatic rings. The molecule has 2 fully saturated rings. The molecule has 5 heterocycles. The van der Waals surface area contributed by atoms with Crippen LogP contribution in [0.5, 0.6) is 0 Å². The minimum absolute atomic E-state index is 0.00716. The lowest BCUT2D eigenvalue weighted by atomic mass is 10.0. The van der Waals surface area contributed by atoms with E-state index in [0.29, 0.717) is 23.8 Å². The van der Waals surface area contributed by atoms with E-state index in [4.69, 9.17) is 30.2 Å². The summed E-state index contributed by atoms with van der Waals surface area (Å²) < 4.78 is 55.2. The number of benzene rings is 1. The summed E-state index contributed by atoms with van der Waals surface area (Å²) >= 11 is 0. The highest BCUT2D eigenvalue weighted by Crippen LogP contribution is 2.58. The Labute approximate surface area is 352 Å². The maximum Gasteiger partial charge on any atom is 0.469 e. The number of nitrogens with one attached hydrogen (secondary N) is 1. The molecule has 1 unspecified atom stereocenters. The summed E-state index contributed by atoms with van der Waals surface area (Å²) in [6.07, 6.45) is 0.769. The van der Waals surface area contributed by atoms with Crippen molar-refractivity contribution >= 4 is 50.1 Å². The first-order chi connectivity index (χ1) is 29.4. The van der Waals surface area contributed by atoms with Crippen LogP contribution in [0, 0.1) is 0 Å². The molecule has 0 radical (unpaired) electrons. The van der Waals surface area contributed by atoms with Gasteiger partial charge in [-0.1, -0.05) is 36.4 Å². The largest absolute Gasteiger partial charge is 0.469 e. The molecular weight excluding hydrogens is 860 g/mol. The molecule has 0 spiro atoms. The molecule has 62 heavy (non-hydrogen) atoms. The maximum absolute atomic E-state index is 14.4. The highest BCUT2D eigenvalue weighted by atomic mass is 31.2. The number of esters is 1. The highest BCUT2D eigenvalue weighted by Gasteiger charge is 2.61. The average molecular weight is 908 g/mol. The monoisotopic (exact) mass is 907 g/mol. The summed E-state index contributed by atoms with van der Waals surface area (Å²) in [6, 6.07) is 9.27. The summed E-state index contributed by atoms with van der Waals surface area (Å²) in [7, 11) is -10.3. The number of carbonyl (C=O) groups is 2. The zero-order valence-corrected chi connectivity index (χ0v) is 34.8. The molecule has 336 valence electrons. The lowest BCUT2D eigenvalue weighted by Crippen LogP contribution is -2.53. The number of aliphatic hydroxyl groups is 2. The van der Waals surface area contributed by atoms with Crippen molar-refractivity contribution in [3.8, 4) is 0 Å². The van der Waals surface area contributed by atoms with Crippen molar-refractivity contribution in [3.63, 3.8) is 0 Å². The molecule has 26 heteroatoms. The Morgan fingerprint density at radius 2 is 1.74 bits per heavy atom. The van der Waals surface area contributed by atoms with Crippen molar-refractivity contribution in [1.29, 1.82) is 0 Å². The number of allylic oxidation sites excluding steroid dienone is 1. The van der Waals surface area contributed by atoms with Crippen LogP contribution in [0.2, 0.25) is 0 Å². The summed E-state index contributed by atoms with van der Waals surface area (Å²) in [4.78, 5) is 86.1. The Morgan fingerprint density at radius 3 is 2.45 bits per heavy atom. The zero-order chi connectivity index (χ0) is 44.9. The van der Waals surface area contributed by atoms with Crippen LogP contribution in [-0.4, -0.2) is 122 Å². The van der Waals surface area contributed by atoms with E-state index in [0.717, 1.165) is 35.0 Å². The average Bonchev–Trinajstić information content (AvgIpc) is 3.90. The first-order valence-corrected chi connectivity index (χ1v) is 22.3. The number of nitrogens with two attached hydrogens (primary N) is 2. The molecule has 24 nitrogen and oxygen atoms in total. The number of carbonyl (C=O) groups excluding carboxylic acids is 2. The smallest absolute Gasteiger partial charge is 0.453 e. The number of aromatic nitrogens is 6. The molecule has 0 bridgehead atoms. The van der Waals surface area contributed by atoms with E-state index in [1.165, 1.54) is 6.08 Å². The van der Waals surface area contributed by atoms with Crippen LogP contribution in [-0.2, 0) is 59.8 Å². The minimum atomic E-state index is -5.32. The fourth-order valence-electron chi connectivity index (χ4n) is 7.34. The van der Waals surface area contributed by atoms with Gasteiger partial charge in [-0.05, 0) is 43.7 Å². The number of nitrogen functional groups attached to an aromatic ring is 2. The number of rotatable bonds is 20. The quantitative estimate of drug-likeness (QED) is 0.0323. The van der Waals surface area contributed by atoms with Crippen LogP contribution in [0.4, 0.5) is 11.6 Å². The second-order valence-electron chi connectivity index (χ2n) is 14.6. The van der Waals surface area contributed by atoms with Crippen LogP contribution in [0.3, 0.4) is 0 Å². The first kappa shape index (κ1) is 46.5. The molecule has 1 amide bonds. The first-order valence-electron chi connectivity index (χ1n) is 19.2. The van der Waals surface area contributed by atoms with Gasteiger partial charge in [-0.15, -0.1) is 6.58 Å². The van der Waals surface area contributed by atoms with Gasteiger partial charge in [-0.2, -0.15) is 4.98 Å². The molecule has 3 aromatic heterocycles. The third kappa shape index (κ3) is 10.4. The summed E-state index contributed by atoms with van der Waals surface area (Å²) in [5.74, 6) is -1.77. The van der Waals surface area contributed by atoms with Crippen molar-refractivity contribution in [2.24, 2.45) is 0 Å². The van der Waals surface area contributed by atoms with Gasteiger partial charge in [-0.3, -0.25) is 23.0 Å². The summed E-state index contributed by atoms with van der Waals surface area (Å²) in [5, 5.41) is 27.0. The van der Waals surface area contributed by atoms with Gasteiger partial charge in [-0.25, -0.2) is 29.1 Å². The molecule has 0 saturated carbocycles. The van der Waals surface area contributed by atoms with Crippen LogP contribution < -0.4 is 22.5 Å². The molecule has 10 N–H and O–H groups in total. The number of nitrogens with zero attached hydrogens (tertiary/aromatic N) is 6.